The third-order valence-corrected chi connectivity index (χ3v) is 7.14. The van der Waals surface area contributed by atoms with Crippen molar-refractivity contribution in [3.05, 3.63) is 101 Å². The Labute approximate surface area is 207 Å². The van der Waals surface area contributed by atoms with Crippen LogP contribution in [0.5, 0.6) is 0 Å². The lowest BCUT2D eigenvalue weighted by molar-refractivity contribution is 0.0983. The zero-order valence-corrected chi connectivity index (χ0v) is 20.6. The summed E-state index contributed by atoms with van der Waals surface area (Å²) in [5, 5.41) is 4.69. The Bertz CT molecular complexity index is 1320. The van der Waals surface area contributed by atoms with E-state index in [1.54, 1.807) is 12.1 Å². The van der Waals surface area contributed by atoms with E-state index in [9.17, 15) is 9.18 Å². The Balaban J connectivity index is 1.55. The highest BCUT2D eigenvalue weighted by atomic mass is 19.1. The third kappa shape index (κ3) is 5.02. The molecule has 0 amide bonds. The van der Waals surface area contributed by atoms with E-state index < -0.39 is 0 Å². The minimum absolute atomic E-state index is 0.148. The molecule has 3 aromatic carbocycles. The van der Waals surface area contributed by atoms with Crippen molar-refractivity contribution in [1.29, 1.82) is 0 Å². The second kappa shape index (κ2) is 10.1. The first-order valence-electron chi connectivity index (χ1n) is 12.7. The number of nitrogens with one attached hydrogen (secondary N) is 1. The summed E-state index contributed by atoms with van der Waals surface area (Å²) in [6, 6.07) is 23.9. The first-order valence-corrected chi connectivity index (χ1v) is 12.7. The Morgan fingerprint density at radius 2 is 1.74 bits per heavy atom. The monoisotopic (exact) mass is 468 g/mol. The molecule has 4 aromatic rings. The van der Waals surface area contributed by atoms with Gasteiger partial charge in [-0.15, -0.1) is 0 Å². The van der Waals surface area contributed by atoms with Crippen LogP contribution in [0.1, 0.15) is 72.6 Å². The molecule has 4 heteroatoms. The minimum Gasteiger partial charge on any atom is -0.382 e. The molecular weight excluding hydrogens is 435 g/mol. The highest BCUT2D eigenvalue weighted by molar-refractivity contribution is 6.10. The molecule has 3 nitrogen and oxygen atoms in total. The summed E-state index contributed by atoms with van der Waals surface area (Å²) in [4.78, 5) is 13.7. The SMILES string of the molecule is CC(C)c1c(C(=O)CCc2ccc(F)cc2)c2ccc(NC3CCC3)cc2n1Cc1ccccc1. The van der Waals surface area contributed by atoms with Crippen LogP contribution in [0.15, 0.2) is 72.8 Å². The van der Waals surface area contributed by atoms with Gasteiger partial charge in [0, 0.05) is 41.3 Å². The molecule has 0 atom stereocenters. The Morgan fingerprint density at radius 3 is 2.40 bits per heavy atom. The van der Waals surface area contributed by atoms with Crippen LogP contribution >= 0.6 is 0 Å². The van der Waals surface area contributed by atoms with Crippen LogP contribution in [0.3, 0.4) is 0 Å². The van der Waals surface area contributed by atoms with Gasteiger partial charge in [0.25, 0.3) is 0 Å². The van der Waals surface area contributed by atoms with Gasteiger partial charge in [0.2, 0.25) is 0 Å². The topological polar surface area (TPSA) is 34.0 Å². The molecule has 180 valence electrons. The number of anilines is 1. The van der Waals surface area contributed by atoms with Gasteiger partial charge in [-0.05, 0) is 67.0 Å². The van der Waals surface area contributed by atoms with Crippen LogP contribution in [0.25, 0.3) is 10.9 Å². The molecule has 1 fully saturated rings. The molecule has 0 unspecified atom stereocenters. The van der Waals surface area contributed by atoms with E-state index >= 15 is 0 Å². The van der Waals surface area contributed by atoms with Crippen molar-refractivity contribution in [3.8, 4) is 0 Å². The molecule has 0 saturated heterocycles. The number of hydrogen-bond acceptors (Lipinski definition) is 2. The summed E-state index contributed by atoms with van der Waals surface area (Å²) in [5.74, 6) is 0.0888. The van der Waals surface area contributed by atoms with Crippen LogP contribution in [-0.4, -0.2) is 16.4 Å². The summed E-state index contributed by atoms with van der Waals surface area (Å²) < 4.78 is 15.7. The van der Waals surface area contributed by atoms with Crippen LogP contribution < -0.4 is 5.32 Å². The maximum absolute atomic E-state index is 13.7. The minimum atomic E-state index is -0.252. The van der Waals surface area contributed by atoms with Crippen molar-refractivity contribution >= 4 is 22.4 Å². The lowest BCUT2D eigenvalue weighted by atomic mass is 9.93. The van der Waals surface area contributed by atoms with Gasteiger partial charge < -0.3 is 9.88 Å². The summed E-state index contributed by atoms with van der Waals surface area (Å²) in [6.45, 7) is 5.06. The molecule has 0 aliphatic heterocycles. The summed E-state index contributed by atoms with van der Waals surface area (Å²) in [5.41, 5.74) is 6.35. The van der Waals surface area contributed by atoms with Gasteiger partial charge in [-0.1, -0.05) is 62.4 Å². The number of benzene rings is 3. The van der Waals surface area contributed by atoms with Crippen LogP contribution in [0.4, 0.5) is 10.1 Å². The number of Topliss-reactive ketones (excluding diaryl/α,β-unsaturated/α-hetero) is 1. The quantitative estimate of drug-likeness (QED) is 0.255. The predicted molar refractivity (Wildman–Crippen MR) is 142 cm³/mol. The van der Waals surface area contributed by atoms with E-state index in [1.165, 1.54) is 37.0 Å². The first kappa shape index (κ1) is 23.3. The van der Waals surface area contributed by atoms with E-state index in [2.05, 4.69) is 66.2 Å². The number of nitrogens with zero attached hydrogens (tertiary/aromatic N) is 1. The van der Waals surface area contributed by atoms with Gasteiger partial charge in [-0.3, -0.25) is 4.79 Å². The van der Waals surface area contributed by atoms with Crippen molar-refractivity contribution in [2.45, 2.75) is 64.5 Å². The number of aromatic nitrogens is 1. The number of rotatable bonds is 9. The van der Waals surface area contributed by atoms with Gasteiger partial charge in [-0.25, -0.2) is 4.39 Å². The van der Waals surface area contributed by atoms with Gasteiger partial charge in [0.15, 0.2) is 5.78 Å². The normalized spacial score (nSPS) is 13.8. The molecule has 1 aromatic heterocycles. The zero-order valence-electron chi connectivity index (χ0n) is 20.6. The molecular formula is C31H33FN2O. The summed E-state index contributed by atoms with van der Waals surface area (Å²) in [6.07, 6.45) is 4.72. The number of hydrogen-bond donors (Lipinski definition) is 1. The molecule has 0 bridgehead atoms. The summed E-state index contributed by atoms with van der Waals surface area (Å²) in [7, 11) is 0. The maximum Gasteiger partial charge on any atom is 0.165 e. The summed E-state index contributed by atoms with van der Waals surface area (Å²) >= 11 is 0. The van der Waals surface area contributed by atoms with Crippen LogP contribution in [0.2, 0.25) is 0 Å². The van der Waals surface area contributed by atoms with Crippen LogP contribution in [-0.2, 0) is 13.0 Å². The molecule has 1 saturated carbocycles. The smallest absolute Gasteiger partial charge is 0.165 e. The fraction of sp³-hybridized carbons (Fsp3) is 0.323. The third-order valence-electron chi connectivity index (χ3n) is 7.14. The molecule has 1 N–H and O–H groups in total. The molecule has 5 rings (SSSR count). The van der Waals surface area contributed by atoms with Crippen molar-refractivity contribution in [1.82, 2.24) is 4.57 Å². The van der Waals surface area contributed by atoms with E-state index in [0.29, 0.717) is 18.9 Å². The number of carbonyl (C=O) groups excluding carboxylic acids is 1. The average Bonchev–Trinajstić information content (AvgIpc) is 3.15. The van der Waals surface area contributed by atoms with Gasteiger partial charge >= 0.3 is 0 Å². The Kier molecular flexibility index (Phi) is 6.72. The second-order valence-corrected chi connectivity index (χ2v) is 10.0. The Hall–Kier alpha value is -3.40. The van der Waals surface area contributed by atoms with Crippen molar-refractivity contribution in [2.75, 3.05) is 5.32 Å². The fourth-order valence-electron chi connectivity index (χ4n) is 5.11. The van der Waals surface area contributed by atoms with E-state index in [4.69, 9.17) is 0 Å². The number of aryl methyl sites for hydroxylation is 1. The lowest BCUT2D eigenvalue weighted by Gasteiger charge is -2.27. The van der Waals surface area contributed by atoms with Crippen molar-refractivity contribution in [3.63, 3.8) is 0 Å². The largest absolute Gasteiger partial charge is 0.382 e. The zero-order chi connectivity index (χ0) is 24.4. The average molecular weight is 469 g/mol. The standard InChI is InChI=1S/C31H33FN2O/c1-21(2)31-30(29(35)18-13-22-11-14-24(32)15-12-22)27-17-16-26(33-25-9-6-10-25)19-28(27)34(31)20-23-7-4-3-5-8-23/h3-5,7-8,11-12,14-17,19,21,25,33H,6,9-10,13,18,20H2,1-2H3. The predicted octanol–water partition coefficient (Wildman–Crippen LogP) is 7.73. The molecule has 1 heterocycles. The highest BCUT2D eigenvalue weighted by Crippen LogP contribution is 2.35. The van der Waals surface area contributed by atoms with Crippen molar-refractivity contribution < 1.29 is 9.18 Å². The van der Waals surface area contributed by atoms with E-state index in [1.807, 2.05) is 6.07 Å². The van der Waals surface area contributed by atoms with Gasteiger partial charge in [0.05, 0.1) is 5.52 Å². The number of ketones is 1. The highest BCUT2D eigenvalue weighted by Gasteiger charge is 2.25. The van der Waals surface area contributed by atoms with Gasteiger partial charge in [-0.2, -0.15) is 0 Å². The molecule has 35 heavy (non-hydrogen) atoms. The van der Waals surface area contributed by atoms with Crippen LogP contribution in [0, 0.1) is 5.82 Å². The molecule has 1 aliphatic rings. The Morgan fingerprint density at radius 1 is 1.00 bits per heavy atom. The number of fused-ring (bicyclic) bond motifs is 1. The second-order valence-electron chi connectivity index (χ2n) is 10.0. The molecule has 1 aliphatic carbocycles. The molecule has 0 radical (unpaired) electrons. The maximum atomic E-state index is 13.7. The van der Waals surface area contributed by atoms with Crippen molar-refractivity contribution in [2.24, 2.45) is 0 Å². The first-order chi connectivity index (χ1) is 17.0. The van der Waals surface area contributed by atoms with E-state index in [0.717, 1.165) is 40.0 Å². The van der Waals surface area contributed by atoms with E-state index in [-0.39, 0.29) is 17.5 Å². The number of carbonyl (C=O) groups is 1. The number of halogens is 1. The van der Waals surface area contributed by atoms with Gasteiger partial charge in [0.1, 0.15) is 5.82 Å². The fourth-order valence-corrected chi connectivity index (χ4v) is 5.11. The molecule has 0 spiro atoms. The lowest BCUT2D eigenvalue weighted by Crippen LogP contribution is -2.26.